The Bertz CT molecular complexity index is 503. The lowest BCUT2D eigenvalue weighted by atomic mass is 10.0. The van der Waals surface area contributed by atoms with E-state index >= 15 is 0 Å². The third kappa shape index (κ3) is 4.85. The van der Waals surface area contributed by atoms with Crippen LogP contribution in [0.1, 0.15) is 25.8 Å². The second-order valence-electron chi connectivity index (χ2n) is 5.03. The normalized spacial score (nSPS) is 12.1. The van der Waals surface area contributed by atoms with Crippen molar-refractivity contribution in [3.8, 4) is 0 Å². The van der Waals surface area contributed by atoms with Gasteiger partial charge in [-0.05, 0) is 37.0 Å². The van der Waals surface area contributed by atoms with Gasteiger partial charge in [-0.25, -0.2) is 9.59 Å². The molecule has 0 spiro atoms. The van der Waals surface area contributed by atoms with Crippen molar-refractivity contribution in [2.45, 2.75) is 33.2 Å². The molecule has 0 aliphatic carbocycles. The summed E-state index contributed by atoms with van der Waals surface area (Å²) in [5.41, 5.74) is 1.53. The fourth-order valence-electron chi connectivity index (χ4n) is 1.75. The smallest absolute Gasteiger partial charge is 0.326 e. The first-order valence-corrected chi connectivity index (χ1v) is 7.16. The van der Waals surface area contributed by atoms with Crippen molar-refractivity contribution in [2.75, 3.05) is 5.32 Å². The molecular weight excluding hydrogens is 324 g/mol. The Morgan fingerprint density at radius 3 is 2.55 bits per heavy atom. The van der Waals surface area contributed by atoms with Gasteiger partial charge in [0, 0.05) is 10.2 Å². The lowest BCUT2D eigenvalue weighted by Crippen LogP contribution is -2.43. The molecule has 0 radical (unpaired) electrons. The van der Waals surface area contributed by atoms with Crippen molar-refractivity contribution >= 4 is 33.6 Å². The van der Waals surface area contributed by atoms with E-state index < -0.39 is 18.0 Å². The summed E-state index contributed by atoms with van der Waals surface area (Å²) in [6.07, 6.45) is 0.389. The molecule has 0 fully saturated rings. The Balaban J connectivity index is 2.71. The number of urea groups is 1. The van der Waals surface area contributed by atoms with Crippen LogP contribution in [0.3, 0.4) is 0 Å². The fourth-order valence-corrected chi connectivity index (χ4v) is 2.12. The topological polar surface area (TPSA) is 78.4 Å². The Morgan fingerprint density at radius 1 is 1.35 bits per heavy atom. The van der Waals surface area contributed by atoms with Gasteiger partial charge in [0.1, 0.15) is 6.04 Å². The van der Waals surface area contributed by atoms with Crippen LogP contribution < -0.4 is 10.6 Å². The zero-order valence-electron chi connectivity index (χ0n) is 11.7. The van der Waals surface area contributed by atoms with Gasteiger partial charge in [-0.1, -0.05) is 35.8 Å². The van der Waals surface area contributed by atoms with E-state index in [1.165, 1.54) is 0 Å². The molecule has 1 atom stereocenters. The van der Waals surface area contributed by atoms with Gasteiger partial charge >= 0.3 is 12.0 Å². The fraction of sp³-hybridized carbons (Fsp3) is 0.429. The number of hydrogen-bond acceptors (Lipinski definition) is 2. The minimum Gasteiger partial charge on any atom is -0.480 e. The van der Waals surface area contributed by atoms with Crippen molar-refractivity contribution in [1.82, 2.24) is 5.32 Å². The summed E-state index contributed by atoms with van der Waals surface area (Å²) < 4.78 is 0.882. The third-order valence-electron chi connectivity index (χ3n) is 2.83. The Kier molecular flexibility index (Phi) is 6.01. The van der Waals surface area contributed by atoms with Gasteiger partial charge in [0.05, 0.1) is 0 Å². The van der Waals surface area contributed by atoms with Crippen LogP contribution in [0, 0.1) is 12.8 Å². The van der Waals surface area contributed by atoms with E-state index in [2.05, 4.69) is 26.6 Å². The average Bonchev–Trinajstić information content (AvgIpc) is 2.33. The van der Waals surface area contributed by atoms with Gasteiger partial charge in [0.15, 0.2) is 0 Å². The molecular formula is C14H19BrN2O3. The zero-order valence-corrected chi connectivity index (χ0v) is 13.3. The molecule has 0 unspecified atom stereocenters. The number of aliphatic carboxylic acids is 1. The summed E-state index contributed by atoms with van der Waals surface area (Å²) in [5.74, 6) is -0.844. The van der Waals surface area contributed by atoms with Crippen LogP contribution in [0.5, 0.6) is 0 Å². The van der Waals surface area contributed by atoms with Crippen molar-refractivity contribution in [1.29, 1.82) is 0 Å². The number of benzene rings is 1. The van der Waals surface area contributed by atoms with Gasteiger partial charge in [0.2, 0.25) is 0 Å². The molecule has 2 amide bonds. The summed E-state index contributed by atoms with van der Waals surface area (Å²) in [5, 5.41) is 14.2. The maximum Gasteiger partial charge on any atom is 0.326 e. The Labute approximate surface area is 126 Å². The van der Waals surface area contributed by atoms with E-state index in [0.717, 1.165) is 10.0 Å². The Hall–Kier alpha value is -1.56. The molecule has 6 heteroatoms. The monoisotopic (exact) mass is 342 g/mol. The maximum atomic E-state index is 11.9. The lowest BCUT2D eigenvalue weighted by molar-refractivity contribution is -0.139. The quantitative estimate of drug-likeness (QED) is 0.767. The van der Waals surface area contributed by atoms with Gasteiger partial charge in [-0.3, -0.25) is 0 Å². The summed E-state index contributed by atoms with van der Waals surface area (Å²) in [6.45, 7) is 5.68. The SMILES string of the molecule is Cc1c(Br)cccc1NC(=O)N[C@H](CC(C)C)C(=O)O. The number of carboxylic acid groups (broad SMARTS) is 1. The minimum atomic E-state index is -1.03. The van der Waals surface area contributed by atoms with Crippen LogP contribution in [-0.4, -0.2) is 23.1 Å². The highest BCUT2D eigenvalue weighted by Crippen LogP contribution is 2.23. The second-order valence-corrected chi connectivity index (χ2v) is 5.89. The molecule has 110 valence electrons. The number of anilines is 1. The second kappa shape index (κ2) is 7.28. The van der Waals surface area contributed by atoms with Crippen LogP contribution >= 0.6 is 15.9 Å². The minimum absolute atomic E-state index is 0.184. The molecule has 0 aliphatic heterocycles. The standard InChI is InChI=1S/C14H19BrN2O3/c1-8(2)7-12(13(18)19)17-14(20)16-11-6-4-5-10(15)9(11)3/h4-6,8,12H,7H2,1-3H3,(H,18,19)(H2,16,17,20)/t12-/m1/s1. The zero-order chi connectivity index (χ0) is 15.3. The van der Waals surface area contributed by atoms with E-state index in [0.29, 0.717) is 12.1 Å². The number of carboxylic acids is 1. The highest BCUT2D eigenvalue weighted by molar-refractivity contribution is 9.10. The van der Waals surface area contributed by atoms with Crippen molar-refractivity contribution < 1.29 is 14.7 Å². The molecule has 0 heterocycles. The lowest BCUT2D eigenvalue weighted by Gasteiger charge is -2.17. The van der Waals surface area contributed by atoms with Crippen LogP contribution in [0.4, 0.5) is 10.5 Å². The van der Waals surface area contributed by atoms with E-state index in [1.807, 2.05) is 26.8 Å². The summed E-state index contributed by atoms with van der Waals surface area (Å²) in [6, 6.07) is 4.03. The maximum absolute atomic E-state index is 11.9. The van der Waals surface area contributed by atoms with Crippen molar-refractivity contribution in [2.24, 2.45) is 5.92 Å². The largest absolute Gasteiger partial charge is 0.480 e. The number of hydrogen-bond donors (Lipinski definition) is 3. The number of carbonyl (C=O) groups is 2. The number of rotatable bonds is 5. The molecule has 20 heavy (non-hydrogen) atoms. The summed E-state index contributed by atoms with van der Waals surface area (Å²) in [7, 11) is 0. The van der Waals surface area contributed by atoms with Crippen molar-refractivity contribution in [3.05, 3.63) is 28.2 Å². The first-order chi connectivity index (χ1) is 9.31. The van der Waals surface area contributed by atoms with Gasteiger partial charge in [-0.2, -0.15) is 0 Å². The molecule has 1 aromatic carbocycles. The van der Waals surface area contributed by atoms with Gasteiger partial charge in [0.25, 0.3) is 0 Å². The van der Waals surface area contributed by atoms with Crippen LogP contribution in [0.2, 0.25) is 0 Å². The average molecular weight is 343 g/mol. The summed E-state index contributed by atoms with van der Waals surface area (Å²) >= 11 is 3.38. The molecule has 0 saturated carbocycles. The first kappa shape index (κ1) is 16.5. The predicted octanol–water partition coefficient (Wildman–Crippen LogP) is 3.38. The van der Waals surface area contributed by atoms with Crippen LogP contribution in [0.15, 0.2) is 22.7 Å². The van der Waals surface area contributed by atoms with E-state index in [1.54, 1.807) is 12.1 Å². The number of carbonyl (C=O) groups excluding carboxylic acids is 1. The first-order valence-electron chi connectivity index (χ1n) is 6.36. The molecule has 0 saturated heterocycles. The third-order valence-corrected chi connectivity index (χ3v) is 3.69. The Morgan fingerprint density at radius 2 is 2.00 bits per heavy atom. The van der Waals surface area contributed by atoms with Crippen LogP contribution in [-0.2, 0) is 4.79 Å². The molecule has 1 rings (SSSR count). The highest BCUT2D eigenvalue weighted by Gasteiger charge is 2.21. The molecule has 1 aromatic rings. The predicted molar refractivity (Wildman–Crippen MR) is 81.9 cm³/mol. The van der Waals surface area contributed by atoms with E-state index in [-0.39, 0.29) is 5.92 Å². The van der Waals surface area contributed by atoms with Crippen molar-refractivity contribution in [3.63, 3.8) is 0 Å². The number of halogens is 1. The summed E-state index contributed by atoms with van der Waals surface area (Å²) in [4.78, 5) is 23.0. The molecule has 5 nitrogen and oxygen atoms in total. The van der Waals surface area contributed by atoms with E-state index in [9.17, 15) is 9.59 Å². The van der Waals surface area contributed by atoms with Gasteiger partial charge < -0.3 is 15.7 Å². The molecule has 0 bridgehead atoms. The highest BCUT2D eigenvalue weighted by atomic mass is 79.9. The molecule has 3 N–H and O–H groups in total. The van der Waals surface area contributed by atoms with Crippen LogP contribution in [0.25, 0.3) is 0 Å². The van der Waals surface area contributed by atoms with Gasteiger partial charge in [-0.15, -0.1) is 0 Å². The molecule has 0 aromatic heterocycles. The van der Waals surface area contributed by atoms with E-state index in [4.69, 9.17) is 5.11 Å². The molecule has 0 aliphatic rings. The number of nitrogens with one attached hydrogen (secondary N) is 2. The number of amides is 2.